The third-order valence-corrected chi connectivity index (χ3v) is 2.10. The van der Waals surface area contributed by atoms with Crippen LogP contribution in [0.2, 0.25) is 0 Å². The predicted molar refractivity (Wildman–Crippen MR) is 35.1 cm³/mol. The second-order valence-electron chi connectivity index (χ2n) is 2.79. The van der Waals surface area contributed by atoms with Crippen LogP contribution in [0.4, 0.5) is 0 Å². The Labute approximate surface area is 55.5 Å². The van der Waals surface area contributed by atoms with E-state index in [0.29, 0.717) is 0 Å². The van der Waals surface area contributed by atoms with Gasteiger partial charge in [0.25, 0.3) is 0 Å². The Bertz CT molecular complexity index is 83.0. The summed E-state index contributed by atoms with van der Waals surface area (Å²) >= 11 is 0. The summed E-state index contributed by atoms with van der Waals surface area (Å²) < 4.78 is 0. The molecule has 0 saturated heterocycles. The van der Waals surface area contributed by atoms with E-state index < -0.39 is 0 Å². The van der Waals surface area contributed by atoms with Crippen molar-refractivity contribution in [2.75, 3.05) is 6.61 Å². The lowest BCUT2D eigenvalue weighted by atomic mass is 9.87. The summed E-state index contributed by atoms with van der Waals surface area (Å²) in [5.41, 5.74) is 0. The van der Waals surface area contributed by atoms with Crippen molar-refractivity contribution >= 4 is 0 Å². The summed E-state index contributed by atoms with van der Waals surface area (Å²) in [6.07, 6.45) is 3.94. The topological polar surface area (TPSA) is 40.5 Å². The fourth-order valence-electron chi connectivity index (χ4n) is 1.40. The predicted octanol–water partition coefficient (Wildman–Crippen LogP) is 0.530. The Kier molecular flexibility index (Phi) is 2.49. The zero-order valence-corrected chi connectivity index (χ0v) is 5.58. The smallest absolute Gasteiger partial charge is 0.0590 e. The maximum atomic E-state index is 9.21. The molecule has 0 unspecified atom stereocenters. The zero-order valence-electron chi connectivity index (χ0n) is 5.58. The van der Waals surface area contributed by atoms with E-state index in [1.807, 2.05) is 0 Å². The Balaban J connectivity index is 2.30. The van der Waals surface area contributed by atoms with Crippen LogP contribution in [-0.2, 0) is 0 Å². The third-order valence-electron chi connectivity index (χ3n) is 2.10. The van der Waals surface area contributed by atoms with Crippen LogP contribution in [0.15, 0.2) is 0 Å². The van der Waals surface area contributed by atoms with Gasteiger partial charge in [0.1, 0.15) is 0 Å². The molecule has 0 aromatic carbocycles. The van der Waals surface area contributed by atoms with Crippen molar-refractivity contribution in [3.63, 3.8) is 0 Å². The monoisotopic (exact) mass is 130 g/mol. The highest BCUT2D eigenvalue weighted by Crippen LogP contribution is 2.23. The molecule has 0 amide bonds. The molecule has 0 bridgehead atoms. The molecular formula is C7H14O2. The lowest BCUT2D eigenvalue weighted by Gasteiger charge is -2.25. The number of rotatable bonds is 1. The molecule has 0 aromatic heterocycles. The van der Waals surface area contributed by atoms with Gasteiger partial charge in [-0.25, -0.2) is 0 Å². The second kappa shape index (κ2) is 3.18. The highest BCUT2D eigenvalue weighted by atomic mass is 16.3. The van der Waals surface area contributed by atoms with Crippen molar-refractivity contribution in [1.29, 1.82) is 0 Å². The SMILES string of the molecule is OC[C@@H]1CCCC[C@H]1O. The number of hydrogen-bond donors (Lipinski definition) is 2. The van der Waals surface area contributed by atoms with E-state index in [1.54, 1.807) is 0 Å². The lowest BCUT2D eigenvalue weighted by Crippen LogP contribution is -2.26. The zero-order chi connectivity index (χ0) is 6.69. The van der Waals surface area contributed by atoms with E-state index in [-0.39, 0.29) is 18.6 Å². The molecule has 2 N–H and O–H groups in total. The average Bonchev–Trinajstić information content (AvgIpc) is 1.89. The molecule has 2 atom stereocenters. The molecule has 1 aliphatic rings. The van der Waals surface area contributed by atoms with Gasteiger partial charge >= 0.3 is 0 Å². The molecule has 0 spiro atoms. The number of aliphatic hydroxyl groups excluding tert-OH is 2. The summed E-state index contributed by atoms with van der Waals surface area (Å²) in [6.45, 7) is 0.154. The third kappa shape index (κ3) is 1.66. The molecule has 0 aliphatic heterocycles. The van der Waals surface area contributed by atoms with E-state index in [2.05, 4.69) is 0 Å². The molecule has 2 nitrogen and oxygen atoms in total. The van der Waals surface area contributed by atoms with E-state index in [0.717, 1.165) is 19.3 Å². The fourth-order valence-corrected chi connectivity index (χ4v) is 1.40. The van der Waals surface area contributed by atoms with Gasteiger partial charge in [0.05, 0.1) is 6.10 Å². The quantitative estimate of drug-likeness (QED) is 0.543. The molecule has 1 aliphatic carbocycles. The Morgan fingerprint density at radius 2 is 1.89 bits per heavy atom. The molecule has 9 heavy (non-hydrogen) atoms. The molecular weight excluding hydrogens is 116 g/mol. The van der Waals surface area contributed by atoms with Crippen molar-refractivity contribution in [3.05, 3.63) is 0 Å². The minimum Gasteiger partial charge on any atom is -0.396 e. The van der Waals surface area contributed by atoms with Gasteiger partial charge in [0, 0.05) is 12.5 Å². The minimum absolute atomic E-state index is 0.154. The Morgan fingerprint density at radius 1 is 1.22 bits per heavy atom. The van der Waals surface area contributed by atoms with Crippen LogP contribution in [-0.4, -0.2) is 22.9 Å². The van der Waals surface area contributed by atoms with Crippen molar-refractivity contribution in [2.24, 2.45) is 5.92 Å². The van der Waals surface area contributed by atoms with E-state index in [4.69, 9.17) is 5.11 Å². The molecule has 1 fully saturated rings. The van der Waals surface area contributed by atoms with Crippen LogP contribution < -0.4 is 0 Å². The largest absolute Gasteiger partial charge is 0.396 e. The van der Waals surface area contributed by atoms with E-state index >= 15 is 0 Å². The first-order valence-electron chi connectivity index (χ1n) is 3.63. The van der Waals surface area contributed by atoms with Crippen LogP contribution in [0, 0.1) is 5.92 Å². The number of hydrogen-bond acceptors (Lipinski definition) is 2. The van der Waals surface area contributed by atoms with Crippen LogP contribution in [0.5, 0.6) is 0 Å². The fraction of sp³-hybridized carbons (Fsp3) is 1.00. The van der Waals surface area contributed by atoms with Gasteiger partial charge in [-0.1, -0.05) is 12.8 Å². The molecule has 0 heterocycles. The summed E-state index contributed by atoms with van der Waals surface area (Å²) in [7, 11) is 0. The van der Waals surface area contributed by atoms with Crippen LogP contribution in [0.25, 0.3) is 0 Å². The number of aliphatic hydroxyl groups is 2. The van der Waals surface area contributed by atoms with Gasteiger partial charge in [-0.2, -0.15) is 0 Å². The van der Waals surface area contributed by atoms with Gasteiger partial charge in [-0.15, -0.1) is 0 Å². The van der Waals surface area contributed by atoms with E-state index in [9.17, 15) is 5.11 Å². The van der Waals surface area contributed by atoms with Gasteiger partial charge in [-0.3, -0.25) is 0 Å². The van der Waals surface area contributed by atoms with Gasteiger partial charge < -0.3 is 10.2 Å². The first-order valence-corrected chi connectivity index (χ1v) is 3.63. The summed E-state index contributed by atoms with van der Waals surface area (Å²) in [4.78, 5) is 0. The first-order chi connectivity index (χ1) is 4.34. The first kappa shape index (κ1) is 7.03. The Hall–Kier alpha value is -0.0800. The molecule has 2 heteroatoms. The second-order valence-corrected chi connectivity index (χ2v) is 2.79. The molecule has 0 radical (unpaired) electrons. The molecule has 1 rings (SSSR count). The summed E-state index contributed by atoms with van der Waals surface area (Å²) in [5.74, 6) is 0.166. The maximum absolute atomic E-state index is 9.21. The molecule has 54 valence electrons. The summed E-state index contributed by atoms with van der Waals surface area (Å²) in [5, 5.41) is 17.9. The van der Waals surface area contributed by atoms with Gasteiger partial charge in [-0.05, 0) is 12.8 Å². The van der Waals surface area contributed by atoms with Crippen molar-refractivity contribution in [3.8, 4) is 0 Å². The average molecular weight is 130 g/mol. The summed E-state index contributed by atoms with van der Waals surface area (Å²) in [6, 6.07) is 0. The van der Waals surface area contributed by atoms with E-state index in [1.165, 1.54) is 6.42 Å². The standard InChI is InChI=1S/C7H14O2/c8-5-6-3-1-2-4-7(6)9/h6-9H,1-5H2/t6-,7+/m0/s1. The van der Waals surface area contributed by atoms with Crippen molar-refractivity contribution in [2.45, 2.75) is 31.8 Å². The van der Waals surface area contributed by atoms with Gasteiger partial charge in [0.2, 0.25) is 0 Å². The van der Waals surface area contributed by atoms with Crippen LogP contribution in [0.3, 0.4) is 0 Å². The van der Waals surface area contributed by atoms with Crippen LogP contribution in [0.1, 0.15) is 25.7 Å². The van der Waals surface area contributed by atoms with Gasteiger partial charge in [0.15, 0.2) is 0 Å². The van der Waals surface area contributed by atoms with Crippen LogP contribution >= 0.6 is 0 Å². The maximum Gasteiger partial charge on any atom is 0.0590 e. The van der Waals surface area contributed by atoms with Crippen molar-refractivity contribution < 1.29 is 10.2 Å². The Morgan fingerprint density at radius 3 is 2.33 bits per heavy atom. The molecule has 0 aromatic rings. The highest BCUT2D eigenvalue weighted by molar-refractivity contribution is 4.72. The minimum atomic E-state index is -0.233. The molecule has 1 saturated carbocycles. The van der Waals surface area contributed by atoms with Crippen molar-refractivity contribution in [1.82, 2.24) is 0 Å². The normalized spacial score (nSPS) is 36.7. The lowest BCUT2D eigenvalue weighted by molar-refractivity contribution is 0.0359. The highest BCUT2D eigenvalue weighted by Gasteiger charge is 2.21.